The van der Waals surface area contributed by atoms with Gasteiger partial charge in [-0.15, -0.1) is 12.3 Å². The van der Waals surface area contributed by atoms with E-state index in [2.05, 4.69) is 11.7 Å². The molecule has 0 saturated heterocycles. The fraction of sp³-hybridized carbons (Fsp3) is 0.667. The van der Waals surface area contributed by atoms with Crippen molar-refractivity contribution in [3.8, 4) is 12.3 Å². The third-order valence-electron chi connectivity index (χ3n) is 1.49. The molecule has 3 nitrogen and oxygen atoms in total. The van der Waals surface area contributed by atoms with Crippen molar-refractivity contribution >= 4 is 5.97 Å². The third-order valence-corrected chi connectivity index (χ3v) is 1.49. The summed E-state index contributed by atoms with van der Waals surface area (Å²) in [5.41, 5.74) is 3.69. The molecule has 0 aromatic rings. The lowest BCUT2D eigenvalue weighted by Gasteiger charge is -2.05. The molecule has 0 saturated carbocycles. The first-order chi connectivity index (χ1) is 5.72. The van der Waals surface area contributed by atoms with Gasteiger partial charge in [0.15, 0.2) is 6.04 Å². The number of hydrogen-bond acceptors (Lipinski definition) is 2. The molecule has 0 rings (SSSR count). The van der Waals surface area contributed by atoms with Gasteiger partial charge in [0.1, 0.15) is 0 Å². The van der Waals surface area contributed by atoms with Crippen LogP contribution in [0.3, 0.4) is 0 Å². The van der Waals surface area contributed by atoms with Crippen LogP contribution in [0.2, 0.25) is 0 Å². The molecule has 1 unspecified atom stereocenters. The minimum Gasteiger partial charge on any atom is -0.462 e. The molecular weight excluding hydrogens is 154 g/mol. The van der Waals surface area contributed by atoms with E-state index in [1.165, 1.54) is 0 Å². The summed E-state index contributed by atoms with van der Waals surface area (Å²) < 4.78 is 4.78. The molecule has 0 heterocycles. The highest BCUT2D eigenvalue weighted by atomic mass is 16.5. The minimum atomic E-state index is -0.265. The molecule has 0 aromatic carbocycles. The van der Waals surface area contributed by atoms with Crippen LogP contribution >= 0.6 is 0 Å². The number of carbonyl (C=O) groups is 1. The van der Waals surface area contributed by atoms with Crippen LogP contribution < -0.4 is 5.73 Å². The summed E-state index contributed by atoms with van der Waals surface area (Å²) in [6.07, 6.45) is 7.31. The van der Waals surface area contributed by atoms with Crippen LogP contribution in [0, 0.1) is 12.3 Å². The number of carbonyl (C=O) groups excluding carboxylic acids is 1. The number of esters is 1. The Labute approximate surface area is 73.3 Å². The van der Waals surface area contributed by atoms with E-state index in [1.54, 1.807) is 6.92 Å². The van der Waals surface area contributed by atoms with Gasteiger partial charge in [-0.2, -0.15) is 0 Å². The smallest absolute Gasteiger partial charge is 0.364 e. The minimum absolute atomic E-state index is 0.227. The molecule has 0 aliphatic rings. The first kappa shape index (κ1) is 11.0. The second-order valence-electron chi connectivity index (χ2n) is 2.55. The molecule has 0 aliphatic carbocycles. The van der Waals surface area contributed by atoms with Gasteiger partial charge in [0, 0.05) is 12.8 Å². The summed E-state index contributed by atoms with van der Waals surface area (Å²) in [7, 11) is 0. The number of ether oxygens (including phenoxy) is 1. The second kappa shape index (κ2) is 6.68. The van der Waals surface area contributed by atoms with E-state index in [4.69, 9.17) is 11.2 Å². The predicted octanol–water partition coefficient (Wildman–Crippen LogP) is -0.0365. The summed E-state index contributed by atoms with van der Waals surface area (Å²) >= 11 is 0. The Bertz CT molecular complexity index is 172. The van der Waals surface area contributed by atoms with Gasteiger partial charge in [-0.3, -0.25) is 0 Å². The molecule has 68 valence electrons. The van der Waals surface area contributed by atoms with E-state index in [0.717, 1.165) is 6.42 Å². The number of hydrogen-bond donors (Lipinski definition) is 1. The third kappa shape index (κ3) is 4.75. The summed E-state index contributed by atoms with van der Waals surface area (Å²) in [5.74, 6) is 2.29. The van der Waals surface area contributed by atoms with Crippen molar-refractivity contribution in [3.63, 3.8) is 0 Å². The fourth-order valence-corrected chi connectivity index (χ4v) is 0.828. The second-order valence-corrected chi connectivity index (χ2v) is 2.55. The van der Waals surface area contributed by atoms with Gasteiger partial charge in [-0.05, 0) is 13.3 Å². The SMILES string of the molecule is C#CCCCC([NH3+])C(=O)OCC. The Hall–Kier alpha value is -1.01. The maximum atomic E-state index is 11.0. The standard InChI is InChI=1S/C9H15NO2/c1-3-5-6-7-8(10)9(11)12-4-2/h1,8H,4-7,10H2,2H3/p+1. The molecule has 0 spiro atoms. The molecule has 0 bridgehead atoms. The maximum absolute atomic E-state index is 11.0. The van der Waals surface area contributed by atoms with E-state index in [9.17, 15) is 4.79 Å². The number of terminal acetylenes is 1. The first-order valence-electron chi connectivity index (χ1n) is 4.15. The van der Waals surface area contributed by atoms with Gasteiger partial charge in [-0.1, -0.05) is 0 Å². The Morgan fingerprint density at radius 1 is 1.75 bits per heavy atom. The van der Waals surface area contributed by atoms with Crippen molar-refractivity contribution in [1.82, 2.24) is 0 Å². The van der Waals surface area contributed by atoms with E-state index in [0.29, 0.717) is 19.4 Å². The van der Waals surface area contributed by atoms with Crippen molar-refractivity contribution in [2.75, 3.05) is 6.61 Å². The molecule has 0 aliphatic heterocycles. The van der Waals surface area contributed by atoms with E-state index >= 15 is 0 Å². The van der Waals surface area contributed by atoms with Gasteiger partial charge < -0.3 is 10.5 Å². The zero-order valence-electron chi connectivity index (χ0n) is 7.51. The molecule has 0 amide bonds. The quantitative estimate of drug-likeness (QED) is 0.358. The zero-order valence-corrected chi connectivity index (χ0v) is 7.51. The molecule has 0 radical (unpaired) electrons. The molecular formula is C9H16NO2+. The van der Waals surface area contributed by atoms with Crippen LogP contribution in [0.4, 0.5) is 0 Å². The highest BCUT2D eigenvalue weighted by Crippen LogP contribution is 1.98. The largest absolute Gasteiger partial charge is 0.462 e. The van der Waals surface area contributed by atoms with Crippen molar-refractivity contribution in [2.24, 2.45) is 0 Å². The number of unbranched alkanes of at least 4 members (excludes halogenated alkanes) is 1. The van der Waals surface area contributed by atoms with Crippen LogP contribution in [0.15, 0.2) is 0 Å². The average molecular weight is 170 g/mol. The highest BCUT2D eigenvalue weighted by Gasteiger charge is 2.16. The van der Waals surface area contributed by atoms with Crippen LogP contribution in [0.5, 0.6) is 0 Å². The summed E-state index contributed by atoms with van der Waals surface area (Å²) in [5, 5.41) is 0. The zero-order chi connectivity index (χ0) is 9.40. The monoisotopic (exact) mass is 170 g/mol. The van der Waals surface area contributed by atoms with Gasteiger partial charge >= 0.3 is 5.97 Å². The topological polar surface area (TPSA) is 53.9 Å². The van der Waals surface area contributed by atoms with Gasteiger partial charge in [0.25, 0.3) is 0 Å². The van der Waals surface area contributed by atoms with Crippen molar-refractivity contribution in [3.05, 3.63) is 0 Å². The molecule has 0 aromatic heterocycles. The Morgan fingerprint density at radius 3 is 2.92 bits per heavy atom. The highest BCUT2D eigenvalue weighted by molar-refractivity contribution is 5.73. The molecule has 3 heteroatoms. The van der Waals surface area contributed by atoms with Gasteiger partial charge in [-0.25, -0.2) is 4.79 Å². The lowest BCUT2D eigenvalue weighted by Crippen LogP contribution is -2.65. The van der Waals surface area contributed by atoms with E-state index in [-0.39, 0.29) is 12.0 Å². The maximum Gasteiger partial charge on any atom is 0.364 e. The summed E-state index contributed by atoms with van der Waals surface area (Å²) in [4.78, 5) is 11.0. The Balaban J connectivity index is 3.51. The molecule has 3 N–H and O–H groups in total. The van der Waals surface area contributed by atoms with Crippen molar-refractivity contribution in [2.45, 2.75) is 32.2 Å². The molecule has 0 fully saturated rings. The Morgan fingerprint density at radius 2 is 2.42 bits per heavy atom. The number of rotatable bonds is 5. The lowest BCUT2D eigenvalue weighted by molar-refractivity contribution is -0.409. The van der Waals surface area contributed by atoms with Crippen LogP contribution in [0.25, 0.3) is 0 Å². The van der Waals surface area contributed by atoms with Crippen LogP contribution in [-0.4, -0.2) is 18.6 Å². The summed E-state index contributed by atoms with van der Waals surface area (Å²) in [6, 6.07) is -0.265. The average Bonchev–Trinajstić information content (AvgIpc) is 2.05. The molecule has 1 atom stereocenters. The fourth-order valence-electron chi connectivity index (χ4n) is 0.828. The summed E-state index contributed by atoms with van der Waals surface area (Å²) in [6.45, 7) is 2.20. The van der Waals surface area contributed by atoms with Gasteiger partial charge in [0.05, 0.1) is 6.61 Å². The Kier molecular flexibility index (Phi) is 6.12. The van der Waals surface area contributed by atoms with Crippen LogP contribution in [0.1, 0.15) is 26.2 Å². The van der Waals surface area contributed by atoms with E-state index < -0.39 is 0 Å². The van der Waals surface area contributed by atoms with Crippen molar-refractivity contribution in [1.29, 1.82) is 0 Å². The van der Waals surface area contributed by atoms with Crippen LogP contribution in [-0.2, 0) is 9.53 Å². The normalized spacial score (nSPS) is 11.8. The first-order valence-corrected chi connectivity index (χ1v) is 4.15. The predicted molar refractivity (Wildman–Crippen MR) is 46.0 cm³/mol. The van der Waals surface area contributed by atoms with E-state index in [1.807, 2.05) is 0 Å². The number of quaternary nitrogens is 1. The van der Waals surface area contributed by atoms with Crippen molar-refractivity contribution < 1.29 is 15.3 Å². The lowest BCUT2D eigenvalue weighted by atomic mass is 10.1. The molecule has 12 heavy (non-hydrogen) atoms. The van der Waals surface area contributed by atoms with Gasteiger partial charge in [0.2, 0.25) is 0 Å².